The second-order valence-electron chi connectivity index (χ2n) is 7.73. The molecule has 2 aromatic heterocycles. The van der Waals surface area contributed by atoms with Gasteiger partial charge in [-0.25, -0.2) is 4.79 Å². The van der Waals surface area contributed by atoms with Gasteiger partial charge < -0.3 is 10.3 Å². The molecule has 0 saturated carbocycles. The molecule has 2 N–H and O–H groups in total. The average Bonchev–Trinajstić information content (AvgIpc) is 3.24. The number of para-hydroxylation sites is 1. The lowest BCUT2D eigenvalue weighted by Crippen LogP contribution is -2.42. The Morgan fingerprint density at radius 2 is 1.75 bits per heavy atom. The monoisotopic (exact) mass is 487 g/mol. The van der Waals surface area contributed by atoms with Crippen LogP contribution in [0.4, 0.5) is 5.82 Å². The number of hydrogen-bond acceptors (Lipinski definition) is 4. The van der Waals surface area contributed by atoms with Gasteiger partial charge in [-0.2, -0.15) is 5.26 Å². The molecule has 1 atom stereocenters. The Bertz CT molecular complexity index is 1580. The number of aromatic nitrogens is 3. The van der Waals surface area contributed by atoms with Crippen molar-refractivity contribution in [2.75, 3.05) is 5.32 Å². The first-order valence-electron chi connectivity index (χ1n) is 9.95. The molecule has 0 spiro atoms. The molecule has 3 heterocycles. The van der Waals surface area contributed by atoms with E-state index in [1.165, 1.54) is 11.6 Å². The molecule has 0 saturated heterocycles. The number of nitrogens with zero attached hydrogens (tertiary/aromatic N) is 3. The van der Waals surface area contributed by atoms with Crippen LogP contribution in [0, 0.1) is 11.3 Å². The lowest BCUT2D eigenvalue weighted by molar-refractivity contribution is 0.669. The van der Waals surface area contributed by atoms with Crippen molar-refractivity contribution < 1.29 is 0 Å². The first-order chi connectivity index (χ1) is 15.4. The molecule has 0 amide bonds. The molecule has 32 heavy (non-hydrogen) atoms. The number of halogens is 1. The van der Waals surface area contributed by atoms with Crippen molar-refractivity contribution in [2.24, 2.45) is 14.1 Å². The molecule has 7 nitrogen and oxygen atoms in total. The zero-order valence-corrected chi connectivity index (χ0v) is 18.9. The fourth-order valence-corrected chi connectivity index (χ4v) is 4.62. The van der Waals surface area contributed by atoms with E-state index in [0.29, 0.717) is 22.7 Å². The quantitative estimate of drug-likeness (QED) is 0.449. The van der Waals surface area contributed by atoms with Crippen LogP contribution >= 0.6 is 15.9 Å². The van der Waals surface area contributed by atoms with Crippen LogP contribution in [-0.2, 0) is 14.1 Å². The lowest BCUT2D eigenvalue weighted by Gasteiger charge is -2.30. The number of hydrogen-bond donors (Lipinski definition) is 2. The molecule has 0 radical (unpaired) electrons. The van der Waals surface area contributed by atoms with Crippen LogP contribution in [0.25, 0.3) is 16.6 Å². The number of nitriles is 1. The maximum absolute atomic E-state index is 13.3. The highest BCUT2D eigenvalue weighted by molar-refractivity contribution is 9.10. The maximum atomic E-state index is 13.3. The van der Waals surface area contributed by atoms with Gasteiger partial charge in [0.05, 0.1) is 28.8 Å². The second kappa shape index (κ2) is 7.39. The Balaban J connectivity index is 1.89. The zero-order valence-electron chi connectivity index (χ0n) is 17.3. The molecule has 5 rings (SSSR count). The number of anilines is 1. The van der Waals surface area contributed by atoms with E-state index in [1.807, 2.05) is 54.7 Å². The highest BCUT2D eigenvalue weighted by Crippen LogP contribution is 2.43. The van der Waals surface area contributed by atoms with E-state index < -0.39 is 17.2 Å². The van der Waals surface area contributed by atoms with Crippen LogP contribution in [0.5, 0.6) is 0 Å². The SMILES string of the molecule is Cn1c2c(c(=O)n(C)c1=O)C(c1ccc(Br)cc1)C(C#N)=C(c1c[nH]c3ccccc13)N2. The molecule has 0 aliphatic carbocycles. The molecule has 8 heteroatoms. The van der Waals surface area contributed by atoms with Gasteiger partial charge in [0, 0.05) is 41.2 Å². The summed E-state index contributed by atoms with van der Waals surface area (Å²) >= 11 is 3.45. The number of nitrogens with one attached hydrogen (secondary N) is 2. The molecule has 158 valence electrons. The van der Waals surface area contributed by atoms with Crippen molar-refractivity contribution in [3.63, 3.8) is 0 Å². The van der Waals surface area contributed by atoms with Gasteiger partial charge in [0.15, 0.2) is 0 Å². The van der Waals surface area contributed by atoms with Crippen LogP contribution < -0.4 is 16.6 Å². The first kappa shape index (κ1) is 20.1. The normalized spacial score (nSPS) is 15.4. The van der Waals surface area contributed by atoms with Crippen LogP contribution in [0.1, 0.15) is 22.6 Å². The van der Waals surface area contributed by atoms with E-state index in [-0.39, 0.29) is 0 Å². The predicted molar refractivity (Wildman–Crippen MR) is 127 cm³/mol. The predicted octanol–water partition coefficient (Wildman–Crippen LogP) is 3.82. The van der Waals surface area contributed by atoms with Crippen LogP contribution in [0.15, 0.2) is 74.4 Å². The van der Waals surface area contributed by atoms with E-state index in [4.69, 9.17) is 0 Å². The Kier molecular flexibility index (Phi) is 4.64. The average molecular weight is 488 g/mol. The molecule has 2 aromatic carbocycles. The van der Waals surface area contributed by atoms with E-state index in [9.17, 15) is 14.9 Å². The zero-order chi connectivity index (χ0) is 22.6. The summed E-state index contributed by atoms with van der Waals surface area (Å²) in [5.41, 5.74) is 3.03. The summed E-state index contributed by atoms with van der Waals surface area (Å²) in [6, 6.07) is 17.7. The molecule has 0 fully saturated rings. The van der Waals surface area contributed by atoms with Crippen molar-refractivity contribution in [2.45, 2.75) is 5.92 Å². The summed E-state index contributed by atoms with van der Waals surface area (Å²) in [6.45, 7) is 0. The third-order valence-corrected chi connectivity index (χ3v) is 6.50. The van der Waals surface area contributed by atoms with E-state index in [0.717, 1.165) is 31.1 Å². The fraction of sp³-hybridized carbons (Fsp3) is 0.125. The number of allylic oxidation sites excluding steroid dienone is 1. The molecular weight excluding hydrogens is 470 g/mol. The number of rotatable bonds is 2. The Hall–Kier alpha value is -3.83. The summed E-state index contributed by atoms with van der Waals surface area (Å²) in [6.07, 6.45) is 1.84. The van der Waals surface area contributed by atoms with Crippen molar-refractivity contribution in [1.29, 1.82) is 5.26 Å². The van der Waals surface area contributed by atoms with E-state index in [2.05, 4.69) is 32.3 Å². The van der Waals surface area contributed by atoms with Crippen molar-refractivity contribution >= 4 is 38.3 Å². The van der Waals surface area contributed by atoms with Gasteiger partial charge >= 0.3 is 5.69 Å². The minimum absolute atomic E-state index is 0.372. The van der Waals surface area contributed by atoms with Gasteiger partial charge in [-0.1, -0.05) is 46.3 Å². The minimum atomic E-state index is -0.626. The molecule has 0 bridgehead atoms. The highest BCUT2D eigenvalue weighted by atomic mass is 79.9. The fourth-order valence-electron chi connectivity index (χ4n) is 4.36. The number of fused-ring (bicyclic) bond motifs is 2. The lowest BCUT2D eigenvalue weighted by atomic mass is 9.81. The first-order valence-corrected chi connectivity index (χ1v) is 10.7. The largest absolute Gasteiger partial charge is 0.360 e. The maximum Gasteiger partial charge on any atom is 0.332 e. The van der Waals surface area contributed by atoms with Gasteiger partial charge in [0.1, 0.15) is 5.82 Å². The van der Waals surface area contributed by atoms with E-state index >= 15 is 0 Å². The van der Waals surface area contributed by atoms with Crippen molar-refractivity contribution in [1.82, 2.24) is 14.1 Å². The third kappa shape index (κ3) is 2.86. The van der Waals surface area contributed by atoms with Crippen LogP contribution in [-0.4, -0.2) is 14.1 Å². The van der Waals surface area contributed by atoms with Crippen molar-refractivity contribution in [3.05, 3.63) is 102 Å². The Morgan fingerprint density at radius 3 is 2.47 bits per heavy atom. The standard InChI is InChI=1S/C24H18BrN5O2/c1-29-22-20(23(31)30(2)24(29)32)19(13-7-9-14(25)10-8-13)16(11-26)21(28-22)17-12-27-18-6-4-3-5-15(17)18/h3-10,12,19,27-28H,1-2H3. The summed E-state index contributed by atoms with van der Waals surface area (Å²) in [4.78, 5) is 29.2. The summed E-state index contributed by atoms with van der Waals surface area (Å²) in [5.74, 6) is -0.233. The summed E-state index contributed by atoms with van der Waals surface area (Å²) < 4.78 is 3.40. The number of H-pyrrole nitrogens is 1. The van der Waals surface area contributed by atoms with Gasteiger partial charge in [-0.3, -0.25) is 13.9 Å². The number of benzene rings is 2. The van der Waals surface area contributed by atoms with E-state index in [1.54, 1.807) is 7.05 Å². The topological polar surface area (TPSA) is 95.6 Å². The minimum Gasteiger partial charge on any atom is -0.360 e. The summed E-state index contributed by atoms with van der Waals surface area (Å²) in [5, 5.41) is 14.5. The van der Waals surface area contributed by atoms with Crippen LogP contribution in [0.3, 0.4) is 0 Å². The second-order valence-corrected chi connectivity index (χ2v) is 8.64. The Morgan fingerprint density at radius 1 is 1.03 bits per heavy atom. The Labute approximate surface area is 191 Å². The summed E-state index contributed by atoms with van der Waals surface area (Å²) in [7, 11) is 3.07. The molecule has 4 aromatic rings. The van der Waals surface area contributed by atoms with Gasteiger partial charge in [-0.05, 0) is 23.8 Å². The van der Waals surface area contributed by atoms with Gasteiger partial charge in [0.2, 0.25) is 0 Å². The van der Waals surface area contributed by atoms with Crippen LogP contribution in [0.2, 0.25) is 0 Å². The molecule has 1 aliphatic heterocycles. The molecule has 1 unspecified atom stereocenters. The van der Waals surface area contributed by atoms with Gasteiger partial charge in [0.25, 0.3) is 5.56 Å². The van der Waals surface area contributed by atoms with Gasteiger partial charge in [-0.15, -0.1) is 0 Å². The smallest absolute Gasteiger partial charge is 0.332 e. The molecular formula is C24H18BrN5O2. The van der Waals surface area contributed by atoms with Crippen molar-refractivity contribution in [3.8, 4) is 6.07 Å². The third-order valence-electron chi connectivity index (χ3n) is 5.97. The molecule has 1 aliphatic rings. The highest BCUT2D eigenvalue weighted by Gasteiger charge is 2.35. The number of aromatic amines is 1.